The Kier molecular flexibility index (Phi) is 5.71. The maximum atomic E-state index is 12.4. The van der Waals surface area contributed by atoms with Crippen molar-refractivity contribution in [2.24, 2.45) is 0 Å². The van der Waals surface area contributed by atoms with Gasteiger partial charge in [-0.3, -0.25) is 9.69 Å². The van der Waals surface area contributed by atoms with Gasteiger partial charge in [-0.15, -0.1) is 0 Å². The van der Waals surface area contributed by atoms with Gasteiger partial charge in [-0.1, -0.05) is 49.4 Å². The van der Waals surface area contributed by atoms with Crippen LogP contribution >= 0.6 is 0 Å². The lowest BCUT2D eigenvalue weighted by molar-refractivity contribution is -0.123. The lowest BCUT2D eigenvalue weighted by Crippen LogP contribution is -2.38. The molecule has 1 atom stereocenters. The fourth-order valence-corrected chi connectivity index (χ4v) is 3.13. The van der Waals surface area contributed by atoms with Crippen molar-refractivity contribution in [3.63, 3.8) is 0 Å². The van der Waals surface area contributed by atoms with E-state index in [9.17, 15) is 4.79 Å². The Bertz CT molecular complexity index is 712. The van der Waals surface area contributed by atoms with Crippen molar-refractivity contribution in [1.82, 2.24) is 10.2 Å². The highest BCUT2D eigenvalue weighted by atomic mass is 16.5. The van der Waals surface area contributed by atoms with Gasteiger partial charge in [-0.25, -0.2) is 0 Å². The molecule has 0 aromatic heterocycles. The molecule has 1 N–H and O–H groups in total. The lowest BCUT2D eigenvalue weighted by Gasteiger charge is -2.21. The summed E-state index contributed by atoms with van der Waals surface area (Å²) in [6.07, 6.45) is 1.03. The Morgan fingerprint density at radius 2 is 1.96 bits per heavy atom. The minimum Gasteiger partial charge on any atom is -0.492 e. The van der Waals surface area contributed by atoms with Crippen LogP contribution in [0.2, 0.25) is 0 Å². The van der Waals surface area contributed by atoms with Gasteiger partial charge in [0.2, 0.25) is 5.91 Å². The van der Waals surface area contributed by atoms with E-state index < -0.39 is 0 Å². The Morgan fingerprint density at radius 1 is 1.20 bits per heavy atom. The molecule has 1 aliphatic heterocycles. The van der Waals surface area contributed by atoms with Crippen LogP contribution in [-0.2, 0) is 17.8 Å². The Balaban J connectivity index is 1.56. The second-order valence-electron chi connectivity index (χ2n) is 6.55. The molecule has 0 fully saturated rings. The van der Waals surface area contributed by atoms with Crippen LogP contribution in [0.4, 0.5) is 0 Å². The van der Waals surface area contributed by atoms with E-state index in [4.69, 9.17) is 4.74 Å². The van der Waals surface area contributed by atoms with Gasteiger partial charge in [-0.2, -0.15) is 0 Å². The molecule has 4 nitrogen and oxygen atoms in total. The van der Waals surface area contributed by atoms with Crippen molar-refractivity contribution < 1.29 is 9.53 Å². The topological polar surface area (TPSA) is 41.6 Å². The van der Waals surface area contributed by atoms with Crippen LogP contribution in [0.25, 0.3) is 0 Å². The molecule has 2 aromatic carbocycles. The van der Waals surface area contributed by atoms with Gasteiger partial charge in [0.15, 0.2) is 0 Å². The zero-order valence-electron chi connectivity index (χ0n) is 15.0. The summed E-state index contributed by atoms with van der Waals surface area (Å²) in [6, 6.07) is 16.5. The zero-order valence-corrected chi connectivity index (χ0v) is 15.0. The molecule has 0 saturated heterocycles. The first-order valence-corrected chi connectivity index (χ1v) is 8.97. The molecule has 0 radical (unpaired) electrons. The van der Waals surface area contributed by atoms with Crippen molar-refractivity contribution >= 4 is 5.91 Å². The molecule has 3 rings (SSSR count). The van der Waals surface area contributed by atoms with Crippen molar-refractivity contribution in [1.29, 1.82) is 0 Å². The summed E-state index contributed by atoms with van der Waals surface area (Å²) < 4.78 is 5.76. The van der Waals surface area contributed by atoms with Crippen LogP contribution in [0, 0.1) is 0 Å². The number of hydrogen-bond acceptors (Lipinski definition) is 3. The molecule has 0 saturated carbocycles. The van der Waals surface area contributed by atoms with E-state index in [-0.39, 0.29) is 11.9 Å². The molecule has 0 bridgehead atoms. The average Bonchev–Trinajstić information content (AvgIpc) is 2.83. The number of para-hydroxylation sites is 1. The molecule has 0 aliphatic carbocycles. The Labute approximate surface area is 149 Å². The van der Waals surface area contributed by atoms with Crippen LogP contribution in [-0.4, -0.2) is 30.5 Å². The lowest BCUT2D eigenvalue weighted by atomic mass is 10.0. The van der Waals surface area contributed by atoms with Gasteiger partial charge in [-0.05, 0) is 30.5 Å². The number of hydrogen-bond donors (Lipinski definition) is 1. The number of carbonyl (C=O) groups excluding carboxylic acids is 1. The Hall–Kier alpha value is -2.33. The molecule has 4 heteroatoms. The summed E-state index contributed by atoms with van der Waals surface area (Å²) >= 11 is 0. The minimum atomic E-state index is 0.00826. The van der Waals surface area contributed by atoms with Crippen molar-refractivity contribution in [3.05, 3.63) is 65.2 Å². The molecular weight excluding hydrogens is 312 g/mol. The highest BCUT2D eigenvalue weighted by Crippen LogP contribution is 2.22. The van der Waals surface area contributed by atoms with Crippen LogP contribution in [0.1, 0.15) is 36.6 Å². The van der Waals surface area contributed by atoms with Crippen LogP contribution in [0.3, 0.4) is 0 Å². The third-order valence-electron chi connectivity index (χ3n) is 4.66. The zero-order chi connectivity index (χ0) is 17.6. The number of benzene rings is 2. The maximum absolute atomic E-state index is 12.4. The van der Waals surface area contributed by atoms with Gasteiger partial charge in [0.05, 0.1) is 12.6 Å². The molecule has 2 aromatic rings. The third-order valence-corrected chi connectivity index (χ3v) is 4.66. The summed E-state index contributed by atoms with van der Waals surface area (Å²) in [5.41, 5.74) is 3.58. The maximum Gasteiger partial charge on any atom is 0.234 e. The van der Waals surface area contributed by atoms with Crippen LogP contribution in [0.5, 0.6) is 5.75 Å². The predicted octanol–water partition coefficient (Wildman–Crippen LogP) is 3.32. The third kappa shape index (κ3) is 4.60. The van der Waals surface area contributed by atoms with Gasteiger partial charge in [0, 0.05) is 18.7 Å². The van der Waals surface area contributed by atoms with E-state index in [0.29, 0.717) is 13.2 Å². The fourth-order valence-electron chi connectivity index (χ4n) is 3.13. The fraction of sp³-hybridized carbons (Fsp3) is 0.381. The number of nitrogens with one attached hydrogen (secondary N) is 1. The van der Waals surface area contributed by atoms with Crippen molar-refractivity contribution in [2.75, 3.05) is 19.7 Å². The predicted molar refractivity (Wildman–Crippen MR) is 99.6 cm³/mol. The number of nitrogens with zero attached hydrogens (tertiary/aromatic N) is 1. The van der Waals surface area contributed by atoms with E-state index in [1.165, 1.54) is 5.56 Å². The summed E-state index contributed by atoms with van der Waals surface area (Å²) in [5.74, 6) is 0.973. The number of fused-ring (bicyclic) bond motifs is 1. The molecule has 1 aliphatic rings. The molecule has 132 valence electrons. The van der Waals surface area contributed by atoms with Gasteiger partial charge >= 0.3 is 0 Å². The van der Waals surface area contributed by atoms with E-state index in [2.05, 4.69) is 47.5 Å². The summed E-state index contributed by atoms with van der Waals surface area (Å²) in [6.45, 7) is 6.65. The summed E-state index contributed by atoms with van der Waals surface area (Å²) in [4.78, 5) is 14.6. The number of carbonyl (C=O) groups is 1. The van der Waals surface area contributed by atoms with E-state index in [1.807, 2.05) is 25.1 Å². The average molecular weight is 338 g/mol. The molecular formula is C21H26N2O2. The van der Waals surface area contributed by atoms with E-state index >= 15 is 0 Å². The quantitative estimate of drug-likeness (QED) is 0.909. The van der Waals surface area contributed by atoms with Crippen molar-refractivity contribution in [3.8, 4) is 5.75 Å². The summed E-state index contributed by atoms with van der Waals surface area (Å²) in [7, 11) is 0. The number of aryl methyl sites for hydroxylation is 1. The second-order valence-corrected chi connectivity index (χ2v) is 6.55. The smallest absolute Gasteiger partial charge is 0.234 e. The summed E-state index contributed by atoms with van der Waals surface area (Å²) in [5, 5.41) is 3.10. The number of amides is 1. The number of ether oxygens (including phenoxy) is 1. The second kappa shape index (κ2) is 8.17. The van der Waals surface area contributed by atoms with Crippen LogP contribution < -0.4 is 10.1 Å². The first kappa shape index (κ1) is 17.5. The molecule has 0 spiro atoms. The standard InChI is InChI=1S/C21H26N2O2/c1-3-17-8-10-18(11-9-17)16(2)22-21(24)15-23-12-13-25-20-7-5-4-6-19(20)14-23/h4-11,16H,3,12-15H2,1-2H3,(H,22,24). The van der Waals surface area contributed by atoms with E-state index in [0.717, 1.165) is 36.4 Å². The first-order chi connectivity index (χ1) is 12.2. The van der Waals surface area contributed by atoms with Gasteiger partial charge in [0.1, 0.15) is 12.4 Å². The molecule has 1 amide bonds. The molecule has 1 heterocycles. The number of rotatable bonds is 5. The first-order valence-electron chi connectivity index (χ1n) is 8.97. The molecule has 1 unspecified atom stereocenters. The van der Waals surface area contributed by atoms with Gasteiger partial charge in [0.25, 0.3) is 0 Å². The van der Waals surface area contributed by atoms with E-state index in [1.54, 1.807) is 0 Å². The Morgan fingerprint density at radius 3 is 2.72 bits per heavy atom. The van der Waals surface area contributed by atoms with Gasteiger partial charge < -0.3 is 10.1 Å². The highest BCUT2D eigenvalue weighted by Gasteiger charge is 2.18. The molecule has 25 heavy (non-hydrogen) atoms. The largest absolute Gasteiger partial charge is 0.492 e. The minimum absolute atomic E-state index is 0.00826. The van der Waals surface area contributed by atoms with Crippen molar-refractivity contribution in [2.45, 2.75) is 32.9 Å². The van der Waals surface area contributed by atoms with Crippen LogP contribution in [0.15, 0.2) is 48.5 Å². The monoisotopic (exact) mass is 338 g/mol. The normalized spacial score (nSPS) is 15.6. The highest BCUT2D eigenvalue weighted by molar-refractivity contribution is 5.78. The SMILES string of the molecule is CCc1ccc(C(C)NC(=O)CN2CCOc3ccccc3C2)cc1.